The summed E-state index contributed by atoms with van der Waals surface area (Å²) in [6.45, 7) is 4.63. The Morgan fingerprint density at radius 2 is 1.73 bits per heavy atom. The Hall–Kier alpha value is -2.33. The van der Waals surface area contributed by atoms with Gasteiger partial charge in [0.2, 0.25) is 5.91 Å². The second kappa shape index (κ2) is 9.97. The largest absolute Gasteiger partial charge is 0.492 e. The number of aryl methyl sites for hydroxylation is 1. The van der Waals surface area contributed by atoms with E-state index >= 15 is 0 Å². The Balaban J connectivity index is 1.42. The van der Waals surface area contributed by atoms with Crippen LogP contribution in [0.3, 0.4) is 0 Å². The molecule has 1 amide bonds. The monoisotopic (exact) mass is 352 g/mol. The van der Waals surface area contributed by atoms with Crippen molar-refractivity contribution >= 4 is 5.91 Å². The van der Waals surface area contributed by atoms with Gasteiger partial charge in [0.25, 0.3) is 0 Å². The van der Waals surface area contributed by atoms with E-state index in [1.54, 1.807) is 0 Å². The minimum absolute atomic E-state index is 0.0701. The summed E-state index contributed by atoms with van der Waals surface area (Å²) in [7, 11) is 0. The first-order valence-corrected chi connectivity index (χ1v) is 9.55. The molecule has 26 heavy (non-hydrogen) atoms. The normalized spacial score (nSPS) is 14.3. The predicted molar refractivity (Wildman–Crippen MR) is 104 cm³/mol. The first kappa shape index (κ1) is 18.5. The number of hydrogen-bond donors (Lipinski definition) is 1. The van der Waals surface area contributed by atoms with Gasteiger partial charge in [0, 0.05) is 19.5 Å². The van der Waals surface area contributed by atoms with Crippen LogP contribution in [0.1, 0.15) is 30.4 Å². The lowest BCUT2D eigenvalue weighted by molar-refractivity contribution is -0.121. The summed E-state index contributed by atoms with van der Waals surface area (Å²) >= 11 is 0. The molecule has 0 aliphatic carbocycles. The van der Waals surface area contributed by atoms with Gasteiger partial charge in [0.05, 0.1) is 0 Å². The van der Waals surface area contributed by atoms with E-state index in [-0.39, 0.29) is 5.91 Å². The Morgan fingerprint density at radius 3 is 2.54 bits per heavy atom. The maximum absolute atomic E-state index is 12.1. The summed E-state index contributed by atoms with van der Waals surface area (Å²) in [5.74, 6) is 0.975. The Kier molecular flexibility index (Phi) is 7.08. The van der Waals surface area contributed by atoms with Gasteiger partial charge in [0.15, 0.2) is 0 Å². The number of ether oxygens (including phenoxy) is 1. The second-order valence-electron chi connectivity index (χ2n) is 6.77. The van der Waals surface area contributed by atoms with Gasteiger partial charge in [-0.15, -0.1) is 0 Å². The van der Waals surface area contributed by atoms with Gasteiger partial charge in [-0.25, -0.2) is 0 Å². The molecule has 0 unspecified atom stereocenters. The molecule has 1 heterocycles. The first-order valence-electron chi connectivity index (χ1n) is 9.55. The van der Waals surface area contributed by atoms with Crippen molar-refractivity contribution in [3.63, 3.8) is 0 Å². The van der Waals surface area contributed by atoms with Crippen molar-refractivity contribution in [2.75, 3.05) is 26.2 Å². The van der Waals surface area contributed by atoms with E-state index in [0.29, 0.717) is 26.0 Å². The first-order chi connectivity index (χ1) is 12.8. The van der Waals surface area contributed by atoms with Crippen LogP contribution >= 0.6 is 0 Å². The zero-order valence-corrected chi connectivity index (χ0v) is 15.3. The molecule has 2 aromatic carbocycles. The molecule has 0 radical (unpaired) electrons. The van der Waals surface area contributed by atoms with Crippen molar-refractivity contribution in [2.45, 2.75) is 32.2 Å². The highest BCUT2D eigenvalue weighted by Gasteiger charge is 2.12. The summed E-state index contributed by atoms with van der Waals surface area (Å²) < 4.78 is 5.99. The molecule has 4 nitrogen and oxygen atoms in total. The van der Waals surface area contributed by atoms with Crippen LogP contribution in [0, 0.1) is 0 Å². The third kappa shape index (κ3) is 5.88. The number of para-hydroxylation sites is 1. The van der Waals surface area contributed by atoms with Crippen LogP contribution in [0.15, 0.2) is 54.6 Å². The van der Waals surface area contributed by atoms with Crippen LogP contribution in [0.4, 0.5) is 0 Å². The average molecular weight is 352 g/mol. The fourth-order valence-corrected chi connectivity index (χ4v) is 3.28. The number of nitrogens with zero attached hydrogens (tertiary/aromatic N) is 1. The highest BCUT2D eigenvalue weighted by atomic mass is 16.5. The van der Waals surface area contributed by atoms with E-state index in [1.165, 1.54) is 25.9 Å². The quantitative estimate of drug-likeness (QED) is 0.752. The predicted octanol–water partition coefficient (Wildman–Crippen LogP) is 3.41. The van der Waals surface area contributed by atoms with Crippen LogP contribution in [0.25, 0.3) is 0 Å². The van der Waals surface area contributed by atoms with Crippen molar-refractivity contribution < 1.29 is 9.53 Å². The lowest BCUT2D eigenvalue weighted by Gasteiger charge is -2.16. The van der Waals surface area contributed by atoms with Crippen molar-refractivity contribution in [3.05, 3.63) is 65.7 Å². The number of nitrogens with one attached hydrogen (secondary N) is 1. The number of carbonyl (C=O) groups excluding carboxylic acids is 1. The maximum Gasteiger partial charge on any atom is 0.220 e. The molecule has 2 aromatic rings. The molecular formula is C22H28N2O2. The van der Waals surface area contributed by atoms with Crippen LogP contribution in [-0.2, 0) is 17.8 Å². The van der Waals surface area contributed by atoms with Gasteiger partial charge in [-0.05, 0) is 49.5 Å². The number of benzene rings is 2. The van der Waals surface area contributed by atoms with Gasteiger partial charge in [-0.2, -0.15) is 0 Å². The minimum atomic E-state index is 0.0701. The molecule has 0 bridgehead atoms. The number of rotatable bonds is 9. The number of carbonyl (C=O) groups is 1. The molecule has 1 N–H and O–H groups in total. The summed E-state index contributed by atoms with van der Waals surface area (Å²) in [5, 5.41) is 2.98. The molecule has 0 aromatic heterocycles. The molecule has 0 spiro atoms. The molecule has 1 fully saturated rings. The van der Waals surface area contributed by atoms with Gasteiger partial charge >= 0.3 is 0 Å². The molecule has 1 aliphatic rings. The van der Waals surface area contributed by atoms with Crippen LogP contribution in [0.5, 0.6) is 5.75 Å². The fourth-order valence-electron chi connectivity index (χ4n) is 3.28. The lowest BCUT2D eigenvalue weighted by atomic mass is 10.1. The molecule has 3 rings (SSSR count). The fraction of sp³-hybridized carbons (Fsp3) is 0.409. The minimum Gasteiger partial charge on any atom is -0.492 e. The van der Waals surface area contributed by atoms with Crippen LogP contribution in [0.2, 0.25) is 0 Å². The lowest BCUT2D eigenvalue weighted by Crippen LogP contribution is -2.25. The standard InChI is InChI=1S/C22H28N2O2/c25-22(23-18-19-8-2-1-3-9-19)13-12-20-10-4-5-11-21(20)26-17-16-24-14-6-7-15-24/h1-5,8-11H,6-7,12-18H2,(H,23,25). The molecule has 0 saturated carbocycles. The Labute approximate surface area is 156 Å². The van der Waals surface area contributed by atoms with Crippen molar-refractivity contribution in [1.82, 2.24) is 10.2 Å². The second-order valence-corrected chi connectivity index (χ2v) is 6.77. The van der Waals surface area contributed by atoms with Crippen molar-refractivity contribution in [1.29, 1.82) is 0 Å². The number of hydrogen-bond acceptors (Lipinski definition) is 3. The van der Waals surface area contributed by atoms with Crippen LogP contribution in [-0.4, -0.2) is 37.0 Å². The van der Waals surface area contributed by atoms with Gasteiger partial charge in [0.1, 0.15) is 12.4 Å². The van der Waals surface area contributed by atoms with E-state index < -0.39 is 0 Å². The summed E-state index contributed by atoms with van der Waals surface area (Å²) in [6.07, 6.45) is 3.77. The van der Waals surface area contributed by atoms with Crippen molar-refractivity contribution in [3.8, 4) is 5.75 Å². The van der Waals surface area contributed by atoms with E-state index in [1.807, 2.05) is 48.5 Å². The highest BCUT2D eigenvalue weighted by molar-refractivity contribution is 5.76. The van der Waals surface area contributed by atoms with Gasteiger partial charge in [-0.3, -0.25) is 9.69 Å². The average Bonchev–Trinajstić information content (AvgIpc) is 3.20. The Bertz CT molecular complexity index is 682. The topological polar surface area (TPSA) is 41.6 Å². The van der Waals surface area contributed by atoms with E-state index in [0.717, 1.165) is 23.4 Å². The molecule has 0 atom stereocenters. The summed E-state index contributed by atoms with van der Waals surface area (Å²) in [4.78, 5) is 14.6. The van der Waals surface area contributed by atoms with Gasteiger partial charge in [-0.1, -0.05) is 48.5 Å². The summed E-state index contributed by atoms with van der Waals surface area (Å²) in [5.41, 5.74) is 2.22. The van der Waals surface area contributed by atoms with E-state index in [4.69, 9.17) is 4.74 Å². The third-order valence-electron chi connectivity index (χ3n) is 4.79. The molecule has 4 heteroatoms. The zero-order chi connectivity index (χ0) is 18.0. The maximum atomic E-state index is 12.1. The number of amides is 1. The SMILES string of the molecule is O=C(CCc1ccccc1OCCN1CCCC1)NCc1ccccc1. The molecule has 1 aliphatic heterocycles. The van der Waals surface area contributed by atoms with Crippen LogP contribution < -0.4 is 10.1 Å². The van der Waals surface area contributed by atoms with E-state index in [9.17, 15) is 4.79 Å². The smallest absolute Gasteiger partial charge is 0.220 e. The van der Waals surface area contributed by atoms with E-state index in [2.05, 4.69) is 16.3 Å². The Morgan fingerprint density at radius 1 is 1.00 bits per heavy atom. The summed E-state index contributed by atoms with van der Waals surface area (Å²) in [6, 6.07) is 18.0. The number of likely N-dealkylation sites (tertiary alicyclic amines) is 1. The third-order valence-corrected chi connectivity index (χ3v) is 4.79. The van der Waals surface area contributed by atoms with Crippen molar-refractivity contribution in [2.24, 2.45) is 0 Å². The molecule has 1 saturated heterocycles. The zero-order valence-electron chi connectivity index (χ0n) is 15.3. The highest BCUT2D eigenvalue weighted by Crippen LogP contribution is 2.20. The molecule has 138 valence electrons. The molecular weight excluding hydrogens is 324 g/mol. The van der Waals surface area contributed by atoms with Gasteiger partial charge < -0.3 is 10.1 Å².